The lowest BCUT2D eigenvalue weighted by Crippen LogP contribution is -2.34. The maximum atomic E-state index is 12.4. The number of carbonyl (C=O) groups is 2. The molecule has 0 saturated heterocycles. The first-order chi connectivity index (χ1) is 12.6. The van der Waals surface area contributed by atoms with E-state index in [0.29, 0.717) is 26.0 Å². The molecule has 0 bridgehead atoms. The molecule has 0 aliphatic heterocycles. The number of rotatable bonds is 9. The SMILES string of the molecule is CCOC(=O)CCCCN(C(C)=O)C(c1ccccc1)c1ccccc1. The molecule has 0 unspecified atom stereocenters. The summed E-state index contributed by atoms with van der Waals surface area (Å²) >= 11 is 0. The Morgan fingerprint density at radius 1 is 0.923 bits per heavy atom. The molecule has 0 heterocycles. The molecular formula is C22H27NO3. The Morgan fingerprint density at radius 3 is 1.92 bits per heavy atom. The number of nitrogens with zero attached hydrogens (tertiary/aromatic N) is 1. The minimum Gasteiger partial charge on any atom is -0.466 e. The van der Waals surface area contributed by atoms with Gasteiger partial charge < -0.3 is 9.64 Å². The van der Waals surface area contributed by atoms with Gasteiger partial charge in [-0.05, 0) is 30.9 Å². The van der Waals surface area contributed by atoms with Crippen molar-refractivity contribution in [2.45, 2.75) is 39.2 Å². The average molecular weight is 353 g/mol. The number of benzene rings is 2. The predicted octanol–water partition coefficient (Wildman–Crippen LogP) is 4.36. The molecule has 2 rings (SSSR count). The molecule has 0 spiro atoms. The van der Waals surface area contributed by atoms with E-state index in [1.165, 1.54) is 0 Å². The van der Waals surface area contributed by atoms with Gasteiger partial charge in [0.2, 0.25) is 5.91 Å². The third kappa shape index (κ3) is 5.73. The number of hydrogen-bond donors (Lipinski definition) is 0. The molecule has 0 N–H and O–H groups in total. The molecule has 4 nitrogen and oxygen atoms in total. The fourth-order valence-electron chi connectivity index (χ4n) is 3.08. The van der Waals surface area contributed by atoms with E-state index in [0.717, 1.165) is 17.5 Å². The molecule has 0 fully saturated rings. The first-order valence-electron chi connectivity index (χ1n) is 9.16. The average Bonchev–Trinajstić information content (AvgIpc) is 2.65. The quantitative estimate of drug-likeness (QED) is 0.497. The minimum absolute atomic E-state index is 0.0267. The minimum atomic E-state index is -0.176. The molecular weight excluding hydrogens is 326 g/mol. The molecule has 2 aromatic carbocycles. The zero-order valence-corrected chi connectivity index (χ0v) is 15.6. The van der Waals surface area contributed by atoms with Gasteiger partial charge in [0.05, 0.1) is 12.6 Å². The van der Waals surface area contributed by atoms with Crippen molar-refractivity contribution in [3.05, 3.63) is 71.8 Å². The summed E-state index contributed by atoms with van der Waals surface area (Å²) in [5, 5.41) is 0. The predicted molar refractivity (Wildman–Crippen MR) is 103 cm³/mol. The van der Waals surface area contributed by atoms with Gasteiger partial charge in [0, 0.05) is 19.9 Å². The van der Waals surface area contributed by atoms with E-state index >= 15 is 0 Å². The van der Waals surface area contributed by atoms with Crippen LogP contribution in [0.2, 0.25) is 0 Å². The summed E-state index contributed by atoms with van der Waals surface area (Å²) in [7, 11) is 0. The molecule has 0 saturated carbocycles. The lowest BCUT2D eigenvalue weighted by Gasteiger charge is -2.32. The second kappa shape index (κ2) is 10.4. The summed E-state index contributed by atoms with van der Waals surface area (Å²) in [6.45, 7) is 4.41. The Morgan fingerprint density at radius 2 is 1.46 bits per heavy atom. The lowest BCUT2D eigenvalue weighted by molar-refractivity contribution is -0.143. The van der Waals surface area contributed by atoms with Gasteiger partial charge in [-0.3, -0.25) is 9.59 Å². The fraction of sp³-hybridized carbons (Fsp3) is 0.364. The topological polar surface area (TPSA) is 46.6 Å². The second-order valence-corrected chi connectivity index (χ2v) is 6.20. The van der Waals surface area contributed by atoms with E-state index in [-0.39, 0.29) is 17.9 Å². The van der Waals surface area contributed by atoms with Gasteiger partial charge in [0.15, 0.2) is 0 Å². The summed E-state index contributed by atoms with van der Waals surface area (Å²) in [6, 6.07) is 20.0. The molecule has 138 valence electrons. The zero-order chi connectivity index (χ0) is 18.8. The van der Waals surface area contributed by atoms with Crippen LogP contribution in [0.4, 0.5) is 0 Å². The van der Waals surface area contributed by atoms with Gasteiger partial charge in [-0.25, -0.2) is 0 Å². The van der Waals surface area contributed by atoms with E-state index in [2.05, 4.69) is 0 Å². The Labute approximate surface area is 155 Å². The highest BCUT2D eigenvalue weighted by molar-refractivity contribution is 5.74. The van der Waals surface area contributed by atoms with Crippen molar-refractivity contribution in [1.82, 2.24) is 4.90 Å². The smallest absolute Gasteiger partial charge is 0.305 e. The molecule has 0 aliphatic carbocycles. The third-order valence-electron chi connectivity index (χ3n) is 4.28. The summed E-state index contributed by atoms with van der Waals surface area (Å²) < 4.78 is 4.96. The van der Waals surface area contributed by atoms with Crippen LogP contribution < -0.4 is 0 Å². The van der Waals surface area contributed by atoms with Crippen molar-refractivity contribution in [3.63, 3.8) is 0 Å². The van der Waals surface area contributed by atoms with Crippen molar-refractivity contribution < 1.29 is 14.3 Å². The van der Waals surface area contributed by atoms with Crippen LogP contribution in [0.15, 0.2) is 60.7 Å². The van der Waals surface area contributed by atoms with Gasteiger partial charge in [-0.15, -0.1) is 0 Å². The van der Waals surface area contributed by atoms with Crippen LogP contribution in [-0.2, 0) is 14.3 Å². The Balaban J connectivity index is 2.14. The standard InChI is InChI=1S/C22H27NO3/c1-3-26-21(25)16-10-11-17-23(18(2)24)22(19-12-6-4-7-13-19)20-14-8-5-9-15-20/h4-9,12-15,22H,3,10-11,16-17H2,1-2H3. The van der Waals surface area contributed by atoms with E-state index < -0.39 is 0 Å². The van der Waals surface area contributed by atoms with Crippen molar-refractivity contribution in [1.29, 1.82) is 0 Å². The van der Waals surface area contributed by atoms with Crippen molar-refractivity contribution in [2.75, 3.05) is 13.2 Å². The fourth-order valence-corrected chi connectivity index (χ4v) is 3.08. The van der Waals surface area contributed by atoms with Gasteiger partial charge in [0.25, 0.3) is 0 Å². The maximum Gasteiger partial charge on any atom is 0.305 e. The number of unbranched alkanes of at least 4 members (excludes halogenated alkanes) is 1. The first-order valence-corrected chi connectivity index (χ1v) is 9.16. The normalized spacial score (nSPS) is 10.6. The molecule has 0 atom stereocenters. The molecule has 26 heavy (non-hydrogen) atoms. The van der Waals surface area contributed by atoms with Crippen LogP contribution in [0.5, 0.6) is 0 Å². The van der Waals surface area contributed by atoms with E-state index in [1.807, 2.05) is 65.6 Å². The second-order valence-electron chi connectivity index (χ2n) is 6.20. The van der Waals surface area contributed by atoms with Gasteiger partial charge in [-0.2, -0.15) is 0 Å². The number of amides is 1. The molecule has 4 heteroatoms. The van der Waals surface area contributed by atoms with Crippen LogP contribution in [0.25, 0.3) is 0 Å². The van der Waals surface area contributed by atoms with Crippen LogP contribution in [0.1, 0.15) is 50.3 Å². The summed E-state index contributed by atoms with van der Waals surface area (Å²) in [6.07, 6.45) is 1.86. The number of hydrogen-bond acceptors (Lipinski definition) is 3. The van der Waals surface area contributed by atoms with Gasteiger partial charge in [0.1, 0.15) is 0 Å². The maximum absolute atomic E-state index is 12.4. The number of carbonyl (C=O) groups excluding carboxylic acids is 2. The third-order valence-corrected chi connectivity index (χ3v) is 4.28. The van der Waals surface area contributed by atoms with Crippen LogP contribution in [0, 0.1) is 0 Å². The first kappa shape index (κ1) is 19.7. The number of ether oxygens (including phenoxy) is 1. The van der Waals surface area contributed by atoms with Gasteiger partial charge >= 0.3 is 5.97 Å². The molecule has 2 aromatic rings. The van der Waals surface area contributed by atoms with Crippen LogP contribution >= 0.6 is 0 Å². The summed E-state index contributed by atoms with van der Waals surface area (Å²) in [5.74, 6) is -0.150. The van der Waals surface area contributed by atoms with Crippen molar-refractivity contribution in [2.24, 2.45) is 0 Å². The van der Waals surface area contributed by atoms with Crippen molar-refractivity contribution in [3.8, 4) is 0 Å². The Bertz CT molecular complexity index is 646. The molecule has 0 aromatic heterocycles. The van der Waals surface area contributed by atoms with Crippen LogP contribution in [-0.4, -0.2) is 29.9 Å². The highest BCUT2D eigenvalue weighted by Gasteiger charge is 2.24. The summed E-state index contributed by atoms with van der Waals surface area (Å²) in [4.78, 5) is 25.8. The molecule has 0 radical (unpaired) electrons. The highest BCUT2D eigenvalue weighted by Crippen LogP contribution is 2.29. The molecule has 0 aliphatic rings. The zero-order valence-electron chi connectivity index (χ0n) is 15.6. The largest absolute Gasteiger partial charge is 0.466 e. The van der Waals surface area contributed by atoms with Crippen molar-refractivity contribution >= 4 is 11.9 Å². The lowest BCUT2D eigenvalue weighted by atomic mass is 9.96. The highest BCUT2D eigenvalue weighted by atomic mass is 16.5. The summed E-state index contributed by atoms with van der Waals surface area (Å²) in [5.41, 5.74) is 2.17. The molecule has 1 amide bonds. The van der Waals surface area contributed by atoms with E-state index in [4.69, 9.17) is 4.74 Å². The van der Waals surface area contributed by atoms with E-state index in [9.17, 15) is 9.59 Å². The van der Waals surface area contributed by atoms with E-state index in [1.54, 1.807) is 13.8 Å². The Kier molecular flexibility index (Phi) is 7.87. The van der Waals surface area contributed by atoms with Crippen LogP contribution in [0.3, 0.4) is 0 Å². The Hall–Kier alpha value is -2.62. The number of esters is 1. The van der Waals surface area contributed by atoms with Gasteiger partial charge in [-0.1, -0.05) is 60.7 Å². The monoisotopic (exact) mass is 353 g/mol.